The Kier molecular flexibility index (Phi) is 6.94. The number of hydrogen-bond acceptors (Lipinski definition) is 6. The number of carbonyl (C=O) groups is 1. The number of ether oxygens (including phenoxy) is 3. The van der Waals surface area contributed by atoms with E-state index in [2.05, 4.69) is 0 Å². The van der Waals surface area contributed by atoms with Crippen molar-refractivity contribution in [3.8, 4) is 23.0 Å². The van der Waals surface area contributed by atoms with Gasteiger partial charge in [-0.3, -0.25) is 4.79 Å². The van der Waals surface area contributed by atoms with Crippen molar-refractivity contribution in [2.45, 2.75) is 26.1 Å². The van der Waals surface area contributed by atoms with Crippen LogP contribution in [0, 0.1) is 6.92 Å². The summed E-state index contributed by atoms with van der Waals surface area (Å²) in [6.45, 7) is 3.23. The predicted octanol–water partition coefficient (Wildman–Crippen LogP) is 6.94. The zero-order valence-electron chi connectivity index (χ0n) is 18.9. The molecule has 0 aliphatic carbocycles. The van der Waals surface area contributed by atoms with E-state index in [1.165, 1.54) is 31.2 Å². The lowest BCUT2D eigenvalue weighted by Gasteiger charge is -2.15. The monoisotopic (exact) mass is 518 g/mol. The number of esters is 1. The van der Waals surface area contributed by atoms with E-state index >= 15 is 0 Å². The molecule has 0 spiro atoms. The molecule has 0 fully saturated rings. The number of fused-ring (bicyclic) bond motifs is 1. The lowest BCUT2D eigenvalue weighted by atomic mass is 10.2. The maximum Gasteiger partial charge on any atom is 0.453 e. The molecule has 0 saturated heterocycles. The van der Waals surface area contributed by atoms with E-state index in [1.807, 2.05) is 0 Å². The van der Waals surface area contributed by atoms with E-state index in [9.17, 15) is 22.8 Å². The van der Waals surface area contributed by atoms with Gasteiger partial charge >= 0.3 is 12.1 Å². The maximum absolute atomic E-state index is 13.7. The van der Waals surface area contributed by atoms with Gasteiger partial charge in [0.1, 0.15) is 22.8 Å². The van der Waals surface area contributed by atoms with E-state index < -0.39 is 40.8 Å². The first-order valence-electron chi connectivity index (χ1n) is 10.6. The molecule has 1 aromatic heterocycles. The number of benzene rings is 3. The summed E-state index contributed by atoms with van der Waals surface area (Å²) in [6, 6.07) is 15.9. The van der Waals surface area contributed by atoms with Crippen molar-refractivity contribution >= 4 is 28.5 Å². The minimum Gasteiger partial charge on any atom is -0.479 e. The van der Waals surface area contributed by atoms with Crippen LogP contribution in [0.5, 0.6) is 23.0 Å². The largest absolute Gasteiger partial charge is 0.479 e. The van der Waals surface area contributed by atoms with Crippen molar-refractivity contribution in [1.82, 2.24) is 0 Å². The number of aryl methyl sites for hydroxylation is 1. The Morgan fingerprint density at radius 1 is 0.944 bits per heavy atom. The van der Waals surface area contributed by atoms with Gasteiger partial charge in [0, 0.05) is 11.1 Å². The summed E-state index contributed by atoms with van der Waals surface area (Å²) in [5.41, 5.74) is -0.597. The smallest absolute Gasteiger partial charge is 0.453 e. The zero-order valence-corrected chi connectivity index (χ0v) is 19.6. The van der Waals surface area contributed by atoms with Crippen LogP contribution in [0.15, 0.2) is 75.9 Å². The number of rotatable bonds is 6. The molecule has 3 aromatic carbocycles. The first kappa shape index (κ1) is 25.1. The average molecular weight is 519 g/mol. The molecule has 1 atom stereocenters. The van der Waals surface area contributed by atoms with Crippen LogP contribution in [0.2, 0.25) is 5.02 Å². The highest BCUT2D eigenvalue weighted by Gasteiger charge is 2.40. The van der Waals surface area contributed by atoms with Gasteiger partial charge in [-0.25, -0.2) is 4.79 Å². The van der Waals surface area contributed by atoms with E-state index in [1.54, 1.807) is 43.3 Å². The molecule has 4 aromatic rings. The highest BCUT2D eigenvalue weighted by Crippen LogP contribution is 2.38. The molecule has 186 valence electrons. The summed E-state index contributed by atoms with van der Waals surface area (Å²) in [7, 11) is 0. The van der Waals surface area contributed by atoms with E-state index in [-0.39, 0.29) is 16.9 Å². The molecule has 4 rings (SSSR count). The molecular weight excluding hydrogens is 501 g/mol. The minimum atomic E-state index is -5.03. The van der Waals surface area contributed by atoms with E-state index in [0.29, 0.717) is 10.8 Å². The van der Waals surface area contributed by atoms with Crippen molar-refractivity contribution in [2.24, 2.45) is 0 Å². The molecule has 0 radical (unpaired) electrons. The molecule has 0 N–H and O–H groups in total. The lowest BCUT2D eigenvalue weighted by molar-refractivity contribution is -0.154. The normalized spacial score (nSPS) is 12.3. The van der Waals surface area contributed by atoms with E-state index in [4.69, 9.17) is 30.2 Å². The van der Waals surface area contributed by atoms with Crippen LogP contribution < -0.4 is 19.6 Å². The fourth-order valence-electron chi connectivity index (χ4n) is 3.19. The molecule has 10 heteroatoms. The standard InChI is InChI=1S/C26H18ClF3O6/c1-14-3-7-18(8-4-14)34-23-22(31)20-12-11-19(13-21(20)36-24(23)26(28,29)30)35-25(32)15(2)33-17-9-5-16(27)6-10-17/h3-13,15H,1-2H3. The van der Waals surface area contributed by atoms with Gasteiger partial charge in [0.2, 0.25) is 11.2 Å². The Labute approximate surface area is 207 Å². The van der Waals surface area contributed by atoms with Crippen LogP contribution in [-0.2, 0) is 11.0 Å². The van der Waals surface area contributed by atoms with Crippen LogP contribution in [-0.4, -0.2) is 12.1 Å². The molecular formula is C26H18ClF3O6. The Balaban J connectivity index is 1.63. The van der Waals surface area contributed by atoms with Gasteiger partial charge in [-0.15, -0.1) is 0 Å². The van der Waals surface area contributed by atoms with Crippen LogP contribution >= 0.6 is 11.6 Å². The third kappa shape index (κ3) is 5.63. The Morgan fingerprint density at radius 2 is 1.56 bits per heavy atom. The first-order valence-corrected chi connectivity index (χ1v) is 11.0. The van der Waals surface area contributed by atoms with Gasteiger partial charge in [0.15, 0.2) is 6.10 Å². The van der Waals surface area contributed by atoms with Crippen LogP contribution in [0.1, 0.15) is 18.2 Å². The van der Waals surface area contributed by atoms with Gasteiger partial charge in [-0.05, 0) is 62.4 Å². The third-order valence-electron chi connectivity index (χ3n) is 5.00. The number of halogens is 4. The second kappa shape index (κ2) is 9.94. The fourth-order valence-corrected chi connectivity index (χ4v) is 3.31. The number of carbonyl (C=O) groups excluding carboxylic acids is 1. The topological polar surface area (TPSA) is 75.0 Å². The second-order valence-corrected chi connectivity index (χ2v) is 8.23. The quantitative estimate of drug-likeness (QED) is 0.203. The molecule has 0 saturated carbocycles. The van der Waals surface area contributed by atoms with Crippen LogP contribution in [0.3, 0.4) is 0 Å². The molecule has 0 aliphatic rings. The fraction of sp³-hybridized carbons (Fsp3) is 0.154. The minimum absolute atomic E-state index is 0.0398. The van der Waals surface area contributed by atoms with Crippen molar-refractivity contribution in [1.29, 1.82) is 0 Å². The van der Waals surface area contributed by atoms with Gasteiger partial charge in [0.05, 0.1) is 5.39 Å². The summed E-state index contributed by atoms with van der Waals surface area (Å²) >= 11 is 5.82. The molecule has 0 aliphatic heterocycles. The number of hydrogen-bond donors (Lipinski definition) is 0. The molecule has 1 unspecified atom stereocenters. The van der Waals surface area contributed by atoms with Crippen molar-refractivity contribution in [3.63, 3.8) is 0 Å². The van der Waals surface area contributed by atoms with Crippen molar-refractivity contribution in [2.75, 3.05) is 0 Å². The summed E-state index contributed by atoms with van der Waals surface area (Å²) in [5.74, 6) is -3.15. The average Bonchev–Trinajstić information content (AvgIpc) is 2.82. The molecule has 36 heavy (non-hydrogen) atoms. The van der Waals surface area contributed by atoms with Gasteiger partial charge in [-0.1, -0.05) is 29.3 Å². The van der Waals surface area contributed by atoms with Crippen LogP contribution in [0.4, 0.5) is 13.2 Å². The molecule has 6 nitrogen and oxygen atoms in total. The summed E-state index contributed by atoms with van der Waals surface area (Å²) < 4.78 is 62.3. The Hall–Kier alpha value is -3.98. The van der Waals surface area contributed by atoms with Gasteiger partial charge < -0.3 is 18.6 Å². The lowest BCUT2D eigenvalue weighted by Crippen LogP contribution is -2.28. The molecule has 1 heterocycles. The Bertz CT molecular complexity index is 1460. The summed E-state index contributed by atoms with van der Waals surface area (Å²) in [5, 5.41) is 0.302. The zero-order chi connectivity index (χ0) is 26.0. The van der Waals surface area contributed by atoms with Crippen LogP contribution in [0.25, 0.3) is 11.0 Å². The first-order chi connectivity index (χ1) is 17.0. The van der Waals surface area contributed by atoms with Gasteiger partial charge in [0.25, 0.3) is 5.76 Å². The Morgan fingerprint density at radius 3 is 2.19 bits per heavy atom. The van der Waals surface area contributed by atoms with Crippen molar-refractivity contribution in [3.05, 3.63) is 93.3 Å². The van der Waals surface area contributed by atoms with Crippen molar-refractivity contribution < 1.29 is 36.6 Å². The molecule has 0 amide bonds. The predicted molar refractivity (Wildman–Crippen MR) is 126 cm³/mol. The highest BCUT2D eigenvalue weighted by molar-refractivity contribution is 6.30. The second-order valence-electron chi connectivity index (χ2n) is 7.80. The maximum atomic E-state index is 13.7. The highest BCUT2D eigenvalue weighted by atomic mass is 35.5. The van der Waals surface area contributed by atoms with E-state index in [0.717, 1.165) is 11.6 Å². The molecule has 0 bridgehead atoms. The SMILES string of the molecule is Cc1ccc(Oc2c(C(F)(F)F)oc3cc(OC(=O)C(C)Oc4ccc(Cl)cc4)ccc3c2=O)cc1. The summed E-state index contributed by atoms with van der Waals surface area (Å²) in [6.07, 6.45) is -6.08. The van der Waals surface area contributed by atoms with Gasteiger partial charge in [-0.2, -0.15) is 13.2 Å². The summed E-state index contributed by atoms with van der Waals surface area (Å²) in [4.78, 5) is 25.3. The number of alkyl halides is 3. The third-order valence-corrected chi connectivity index (χ3v) is 5.25.